The minimum absolute atomic E-state index is 0.212. The highest BCUT2D eigenvalue weighted by molar-refractivity contribution is 5.89. The zero-order valence-corrected chi connectivity index (χ0v) is 13.7. The van der Waals surface area contributed by atoms with E-state index in [0.717, 1.165) is 5.56 Å². The van der Waals surface area contributed by atoms with E-state index in [2.05, 4.69) is 0 Å². The van der Waals surface area contributed by atoms with Gasteiger partial charge in [-0.1, -0.05) is 48.5 Å². The molecule has 4 rings (SSSR count). The quantitative estimate of drug-likeness (QED) is 0.784. The van der Waals surface area contributed by atoms with Gasteiger partial charge < -0.3 is 18.9 Å². The summed E-state index contributed by atoms with van der Waals surface area (Å²) >= 11 is 0. The molecular weight excluding hydrogens is 320 g/mol. The van der Waals surface area contributed by atoms with Crippen molar-refractivity contribution in [1.82, 2.24) is 0 Å². The maximum Gasteiger partial charge on any atom is 0.338 e. The first-order valence-electron chi connectivity index (χ1n) is 8.48. The molecule has 5 heteroatoms. The Labute approximate surface area is 146 Å². The third-order valence-corrected chi connectivity index (χ3v) is 4.48. The summed E-state index contributed by atoms with van der Waals surface area (Å²) in [5, 5.41) is 0. The molecule has 2 aromatic carbocycles. The molecule has 0 radical (unpaired) electrons. The minimum Gasteiger partial charge on any atom is -0.456 e. The Bertz CT molecular complexity index is 703. The summed E-state index contributed by atoms with van der Waals surface area (Å²) in [5.41, 5.74) is 1.60. The van der Waals surface area contributed by atoms with Crippen LogP contribution in [0, 0.1) is 0 Å². The van der Waals surface area contributed by atoms with E-state index in [1.807, 2.05) is 48.5 Å². The van der Waals surface area contributed by atoms with Crippen molar-refractivity contribution in [2.24, 2.45) is 0 Å². The van der Waals surface area contributed by atoms with Gasteiger partial charge in [-0.15, -0.1) is 0 Å². The van der Waals surface area contributed by atoms with Gasteiger partial charge >= 0.3 is 5.97 Å². The van der Waals surface area contributed by atoms with Crippen molar-refractivity contribution in [1.29, 1.82) is 0 Å². The van der Waals surface area contributed by atoms with Gasteiger partial charge in [0.15, 0.2) is 6.29 Å². The molecule has 0 amide bonds. The van der Waals surface area contributed by atoms with Crippen LogP contribution in [0.4, 0.5) is 0 Å². The van der Waals surface area contributed by atoms with Gasteiger partial charge in [0.25, 0.3) is 0 Å². The molecule has 0 spiro atoms. The minimum atomic E-state index is -0.386. The van der Waals surface area contributed by atoms with E-state index in [-0.39, 0.29) is 30.6 Å². The number of carbonyl (C=O) groups is 1. The highest BCUT2D eigenvalue weighted by Gasteiger charge is 2.46. The van der Waals surface area contributed by atoms with E-state index in [4.69, 9.17) is 18.9 Å². The number of hydrogen-bond donors (Lipinski definition) is 0. The number of benzene rings is 2. The Kier molecular flexibility index (Phi) is 4.78. The van der Waals surface area contributed by atoms with Crippen molar-refractivity contribution in [2.75, 3.05) is 6.61 Å². The SMILES string of the molecule is O=C(O[C@@H]1C[C@@H]2OC[C@@H](O2)[C@H]1OCc1ccccc1)c1ccccc1. The van der Waals surface area contributed by atoms with Gasteiger partial charge in [0.1, 0.15) is 18.3 Å². The number of rotatable bonds is 5. The van der Waals surface area contributed by atoms with Crippen LogP contribution in [0.5, 0.6) is 0 Å². The molecule has 5 nitrogen and oxygen atoms in total. The highest BCUT2D eigenvalue weighted by atomic mass is 16.7. The summed E-state index contributed by atoms with van der Waals surface area (Å²) in [7, 11) is 0. The summed E-state index contributed by atoms with van der Waals surface area (Å²) in [4.78, 5) is 12.4. The second kappa shape index (κ2) is 7.35. The van der Waals surface area contributed by atoms with Crippen LogP contribution in [0.3, 0.4) is 0 Å². The molecular formula is C20H20O5. The average Bonchev–Trinajstić information content (AvgIpc) is 3.05. The zero-order valence-electron chi connectivity index (χ0n) is 13.7. The Morgan fingerprint density at radius 3 is 2.52 bits per heavy atom. The molecule has 0 aliphatic carbocycles. The second-order valence-corrected chi connectivity index (χ2v) is 6.24. The number of hydrogen-bond acceptors (Lipinski definition) is 5. The molecule has 130 valence electrons. The number of carbonyl (C=O) groups excluding carboxylic acids is 1. The molecule has 0 N–H and O–H groups in total. The Morgan fingerprint density at radius 1 is 1.04 bits per heavy atom. The summed E-state index contributed by atoms with van der Waals surface area (Å²) < 4.78 is 23.2. The Morgan fingerprint density at radius 2 is 1.76 bits per heavy atom. The first-order valence-corrected chi connectivity index (χ1v) is 8.48. The van der Waals surface area contributed by atoms with E-state index in [9.17, 15) is 4.79 Å². The maximum atomic E-state index is 12.4. The summed E-state index contributed by atoms with van der Waals surface area (Å²) in [6.07, 6.45) is -0.783. The molecule has 2 bridgehead atoms. The van der Waals surface area contributed by atoms with Crippen LogP contribution in [0.2, 0.25) is 0 Å². The van der Waals surface area contributed by atoms with Crippen LogP contribution < -0.4 is 0 Å². The van der Waals surface area contributed by atoms with E-state index in [1.54, 1.807) is 12.1 Å². The molecule has 2 aromatic rings. The predicted molar refractivity (Wildman–Crippen MR) is 89.9 cm³/mol. The Balaban J connectivity index is 1.45. The van der Waals surface area contributed by atoms with E-state index >= 15 is 0 Å². The smallest absolute Gasteiger partial charge is 0.338 e. The number of fused-ring (bicyclic) bond motifs is 2. The molecule has 4 atom stereocenters. The molecule has 2 heterocycles. The molecule has 0 saturated carbocycles. The fraction of sp³-hybridized carbons (Fsp3) is 0.350. The van der Waals surface area contributed by atoms with Crippen molar-refractivity contribution in [2.45, 2.75) is 37.6 Å². The molecule has 2 aliphatic heterocycles. The predicted octanol–water partition coefficient (Wildman–Crippen LogP) is 2.94. The third kappa shape index (κ3) is 3.74. The normalized spacial score (nSPS) is 27.8. The van der Waals surface area contributed by atoms with Crippen molar-refractivity contribution in [3.63, 3.8) is 0 Å². The maximum absolute atomic E-state index is 12.4. The topological polar surface area (TPSA) is 54.0 Å². The average molecular weight is 340 g/mol. The van der Waals surface area contributed by atoms with Crippen molar-refractivity contribution >= 4 is 5.97 Å². The molecule has 2 fully saturated rings. The Hall–Kier alpha value is -2.21. The van der Waals surface area contributed by atoms with Crippen LogP contribution in [0.15, 0.2) is 60.7 Å². The van der Waals surface area contributed by atoms with Gasteiger partial charge in [-0.05, 0) is 17.7 Å². The van der Waals surface area contributed by atoms with Crippen molar-refractivity contribution in [3.8, 4) is 0 Å². The molecule has 0 unspecified atom stereocenters. The van der Waals surface area contributed by atoms with Crippen molar-refractivity contribution in [3.05, 3.63) is 71.8 Å². The molecule has 2 aliphatic rings. The first kappa shape index (κ1) is 16.3. The van der Waals surface area contributed by atoms with Crippen LogP contribution in [-0.4, -0.2) is 37.2 Å². The van der Waals surface area contributed by atoms with Gasteiger partial charge in [-0.25, -0.2) is 4.79 Å². The van der Waals surface area contributed by atoms with E-state index < -0.39 is 0 Å². The standard InChI is InChI=1S/C20H20O5/c21-20(15-9-5-2-6-10-15)25-16-11-18-22-13-17(24-18)19(16)23-12-14-7-3-1-4-8-14/h1-10,16-19H,11-13H2/t16-,17-,18-,19+/m1/s1. The largest absolute Gasteiger partial charge is 0.456 e. The molecule has 25 heavy (non-hydrogen) atoms. The number of ether oxygens (including phenoxy) is 4. The van der Waals surface area contributed by atoms with Crippen LogP contribution in [-0.2, 0) is 25.6 Å². The summed E-state index contributed by atoms with van der Waals surface area (Å²) in [6.45, 7) is 0.902. The van der Waals surface area contributed by atoms with Gasteiger partial charge in [0.2, 0.25) is 0 Å². The van der Waals surface area contributed by atoms with E-state index in [0.29, 0.717) is 25.2 Å². The lowest BCUT2D eigenvalue weighted by molar-refractivity contribution is -0.186. The fourth-order valence-electron chi connectivity index (χ4n) is 3.21. The molecule has 0 aromatic heterocycles. The lowest BCUT2D eigenvalue weighted by Crippen LogP contribution is -2.48. The molecule has 2 saturated heterocycles. The third-order valence-electron chi connectivity index (χ3n) is 4.48. The summed E-state index contributed by atoms with van der Waals surface area (Å²) in [6, 6.07) is 18.9. The van der Waals surface area contributed by atoms with Crippen LogP contribution in [0.1, 0.15) is 22.3 Å². The second-order valence-electron chi connectivity index (χ2n) is 6.24. The highest BCUT2D eigenvalue weighted by Crippen LogP contribution is 2.32. The van der Waals surface area contributed by atoms with Gasteiger partial charge in [0, 0.05) is 6.42 Å². The van der Waals surface area contributed by atoms with Crippen LogP contribution >= 0.6 is 0 Å². The van der Waals surface area contributed by atoms with Crippen molar-refractivity contribution < 1.29 is 23.7 Å². The first-order chi connectivity index (χ1) is 12.3. The zero-order chi connectivity index (χ0) is 17.1. The van der Waals surface area contributed by atoms with Gasteiger partial charge in [-0.3, -0.25) is 0 Å². The van der Waals surface area contributed by atoms with Gasteiger partial charge in [0.05, 0.1) is 18.8 Å². The lowest BCUT2D eigenvalue weighted by atomic mass is 10.0. The lowest BCUT2D eigenvalue weighted by Gasteiger charge is -2.34. The monoisotopic (exact) mass is 340 g/mol. The van der Waals surface area contributed by atoms with E-state index in [1.165, 1.54) is 0 Å². The van der Waals surface area contributed by atoms with Crippen LogP contribution in [0.25, 0.3) is 0 Å². The summed E-state index contributed by atoms with van der Waals surface area (Å²) in [5.74, 6) is -0.347. The fourth-order valence-corrected chi connectivity index (χ4v) is 3.21. The van der Waals surface area contributed by atoms with Gasteiger partial charge in [-0.2, -0.15) is 0 Å². The number of esters is 1.